The predicted molar refractivity (Wildman–Crippen MR) is 76.2 cm³/mol. The fraction of sp³-hybridized carbons (Fsp3) is 0.625. The van der Waals surface area contributed by atoms with E-state index in [4.69, 9.17) is 4.74 Å². The fourth-order valence-electron chi connectivity index (χ4n) is 2.97. The second kappa shape index (κ2) is 6.90. The van der Waals surface area contributed by atoms with Gasteiger partial charge in [-0.05, 0) is 49.8 Å². The van der Waals surface area contributed by atoms with Gasteiger partial charge in [-0.25, -0.2) is 4.39 Å². The van der Waals surface area contributed by atoms with Crippen LogP contribution in [0.5, 0.6) is 5.75 Å². The van der Waals surface area contributed by atoms with Gasteiger partial charge in [0.15, 0.2) is 0 Å². The Balaban J connectivity index is 2.04. The van der Waals surface area contributed by atoms with E-state index in [1.54, 1.807) is 7.11 Å². The molecule has 0 heterocycles. The minimum absolute atomic E-state index is 0.125. The van der Waals surface area contributed by atoms with E-state index >= 15 is 0 Å². The molecule has 106 valence electrons. The van der Waals surface area contributed by atoms with Crippen molar-refractivity contribution in [3.63, 3.8) is 0 Å². The molecule has 2 rings (SSSR count). The lowest BCUT2D eigenvalue weighted by atomic mass is 9.81. The molecule has 3 heteroatoms. The molecular formula is C16H24FNO. The van der Waals surface area contributed by atoms with Gasteiger partial charge in [-0.3, -0.25) is 0 Å². The second-order valence-electron chi connectivity index (χ2n) is 5.40. The summed E-state index contributed by atoms with van der Waals surface area (Å²) in [5.74, 6) is 0.812. The molecule has 1 fully saturated rings. The van der Waals surface area contributed by atoms with Crippen LogP contribution < -0.4 is 10.1 Å². The molecule has 0 aromatic heterocycles. The summed E-state index contributed by atoms with van der Waals surface area (Å²) in [4.78, 5) is 0. The topological polar surface area (TPSA) is 21.3 Å². The summed E-state index contributed by atoms with van der Waals surface area (Å²) in [6, 6.07) is 5.79. The Bertz CT molecular complexity index is 408. The highest BCUT2D eigenvalue weighted by Gasteiger charge is 2.24. The van der Waals surface area contributed by atoms with E-state index in [9.17, 15) is 4.39 Å². The molecule has 2 nitrogen and oxygen atoms in total. The number of halogens is 1. The normalized spacial score (nSPS) is 23.3. The van der Waals surface area contributed by atoms with Crippen LogP contribution in [0, 0.1) is 5.82 Å². The molecule has 0 amide bonds. The third-order valence-electron chi connectivity index (χ3n) is 4.00. The van der Waals surface area contributed by atoms with E-state index in [1.807, 2.05) is 12.1 Å². The summed E-state index contributed by atoms with van der Waals surface area (Å²) in [5, 5.41) is 3.57. The molecule has 1 aliphatic rings. The van der Waals surface area contributed by atoms with E-state index in [0.717, 1.165) is 31.4 Å². The van der Waals surface area contributed by atoms with Crippen molar-refractivity contribution in [1.29, 1.82) is 0 Å². The Morgan fingerprint density at radius 2 is 2.21 bits per heavy atom. The third-order valence-corrected chi connectivity index (χ3v) is 4.00. The van der Waals surface area contributed by atoms with Gasteiger partial charge in [0.1, 0.15) is 11.6 Å². The molecule has 19 heavy (non-hydrogen) atoms. The largest absolute Gasteiger partial charge is 0.497 e. The molecule has 0 bridgehead atoms. The third kappa shape index (κ3) is 3.69. The molecule has 1 aliphatic carbocycles. The number of methoxy groups -OCH3 is 1. The van der Waals surface area contributed by atoms with Crippen LogP contribution in [0.15, 0.2) is 18.2 Å². The van der Waals surface area contributed by atoms with Crippen molar-refractivity contribution in [1.82, 2.24) is 5.32 Å². The van der Waals surface area contributed by atoms with Crippen LogP contribution in [0.25, 0.3) is 0 Å². The van der Waals surface area contributed by atoms with Gasteiger partial charge in [0, 0.05) is 12.1 Å². The highest BCUT2D eigenvalue weighted by Crippen LogP contribution is 2.35. The van der Waals surface area contributed by atoms with Crippen LogP contribution in [0.2, 0.25) is 0 Å². The van der Waals surface area contributed by atoms with Crippen molar-refractivity contribution >= 4 is 0 Å². The van der Waals surface area contributed by atoms with Crippen LogP contribution in [0.1, 0.15) is 50.5 Å². The van der Waals surface area contributed by atoms with Crippen molar-refractivity contribution in [2.45, 2.75) is 51.0 Å². The van der Waals surface area contributed by atoms with Crippen molar-refractivity contribution in [3.8, 4) is 5.75 Å². The highest BCUT2D eigenvalue weighted by molar-refractivity contribution is 5.31. The SMILES string of the molecule is CCCNC1CCCC(c2ccc(OC)cc2F)C1. The van der Waals surface area contributed by atoms with Crippen molar-refractivity contribution in [3.05, 3.63) is 29.6 Å². The number of hydrogen-bond acceptors (Lipinski definition) is 2. The van der Waals surface area contributed by atoms with Crippen LogP contribution in [0.3, 0.4) is 0 Å². The average molecular weight is 265 g/mol. The Hall–Kier alpha value is -1.09. The first-order valence-corrected chi connectivity index (χ1v) is 7.31. The first-order valence-electron chi connectivity index (χ1n) is 7.31. The quantitative estimate of drug-likeness (QED) is 0.873. The van der Waals surface area contributed by atoms with Crippen LogP contribution in [-0.4, -0.2) is 19.7 Å². The first-order chi connectivity index (χ1) is 9.24. The standard InChI is InChI=1S/C16H24FNO/c1-3-9-18-13-6-4-5-12(10-13)15-8-7-14(19-2)11-16(15)17/h7-8,11-13,18H,3-6,9-10H2,1-2H3. The number of hydrogen-bond donors (Lipinski definition) is 1. The summed E-state index contributed by atoms with van der Waals surface area (Å²) in [6.45, 7) is 3.24. The molecule has 1 aromatic carbocycles. The lowest BCUT2D eigenvalue weighted by molar-refractivity contribution is 0.334. The van der Waals surface area contributed by atoms with Gasteiger partial charge in [-0.15, -0.1) is 0 Å². The number of nitrogens with one attached hydrogen (secondary N) is 1. The van der Waals surface area contributed by atoms with Crippen LogP contribution in [0.4, 0.5) is 4.39 Å². The first kappa shape index (κ1) is 14.3. The molecule has 2 unspecified atom stereocenters. The summed E-state index contributed by atoms with van der Waals surface area (Å²) in [6.07, 6.45) is 5.68. The smallest absolute Gasteiger partial charge is 0.130 e. The van der Waals surface area contributed by atoms with Gasteiger partial charge in [-0.1, -0.05) is 19.4 Å². The van der Waals surface area contributed by atoms with E-state index in [1.165, 1.54) is 18.9 Å². The zero-order valence-corrected chi connectivity index (χ0v) is 11.9. The summed E-state index contributed by atoms with van der Waals surface area (Å²) < 4.78 is 19.2. The van der Waals surface area contributed by atoms with Gasteiger partial charge in [-0.2, -0.15) is 0 Å². The summed E-state index contributed by atoms with van der Waals surface area (Å²) >= 11 is 0. The lowest BCUT2D eigenvalue weighted by Crippen LogP contribution is -2.34. The maximum Gasteiger partial charge on any atom is 0.130 e. The number of rotatable bonds is 5. The van der Waals surface area contributed by atoms with Gasteiger partial charge >= 0.3 is 0 Å². The Morgan fingerprint density at radius 1 is 1.37 bits per heavy atom. The van der Waals surface area contributed by atoms with Gasteiger partial charge in [0.05, 0.1) is 7.11 Å². The minimum Gasteiger partial charge on any atom is -0.497 e. The monoisotopic (exact) mass is 265 g/mol. The fourth-order valence-corrected chi connectivity index (χ4v) is 2.97. The van der Waals surface area contributed by atoms with E-state index in [2.05, 4.69) is 12.2 Å². The maximum atomic E-state index is 14.1. The van der Waals surface area contributed by atoms with E-state index < -0.39 is 0 Å². The minimum atomic E-state index is -0.125. The number of benzene rings is 1. The molecule has 0 spiro atoms. The molecule has 0 radical (unpaired) electrons. The molecule has 0 aliphatic heterocycles. The second-order valence-corrected chi connectivity index (χ2v) is 5.40. The van der Waals surface area contributed by atoms with Crippen molar-refractivity contribution < 1.29 is 9.13 Å². The predicted octanol–water partition coefficient (Wildman–Crippen LogP) is 3.86. The molecule has 1 N–H and O–H groups in total. The molecule has 1 saturated carbocycles. The van der Waals surface area contributed by atoms with E-state index in [-0.39, 0.29) is 5.82 Å². The molecule has 0 saturated heterocycles. The van der Waals surface area contributed by atoms with Gasteiger partial charge in [0.2, 0.25) is 0 Å². The van der Waals surface area contributed by atoms with Gasteiger partial charge in [0.25, 0.3) is 0 Å². The van der Waals surface area contributed by atoms with Crippen molar-refractivity contribution in [2.24, 2.45) is 0 Å². The lowest BCUT2D eigenvalue weighted by Gasteiger charge is -2.30. The Labute approximate surface area is 115 Å². The summed E-state index contributed by atoms with van der Waals surface area (Å²) in [7, 11) is 1.57. The zero-order chi connectivity index (χ0) is 13.7. The van der Waals surface area contributed by atoms with E-state index in [0.29, 0.717) is 17.7 Å². The number of ether oxygens (including phenoxy) is 1. The Kier molecular flexibility index (Phi) is 5.20. The van der Waals surface area contributed by atoms with Crippen molar-refractivity contribution in [2.75, 3.05) is 13.7 Å². The van der Waals surface area contributed by atoms with Gasteiger partial charge < -0.3 is 10.1 Å². The van der Waals surface area contributed by atoms with Crippen LogP contribution in [-0.2, 0) is 0 Å². The Morgan fingerprint density at radius 3 is 2.89 bits per heavy atom. The molecule has 2 atom stereocenters. The summed E-state index contributed by atoms with van der Waals surface area (Å²) in [5.41, 5.74) is 0.851. The molecular weight excluding hydrogens is 241 g/mol. The molecule has 1 aromatic rings. The maximum absolute atomic E-state index is 14.1. The van der Waals surface area contributed by atoms with Crippen LogP contribution >= 0.6 is 0 Å². The highest BCUT2D eigenvalue weighted by atomic mass is 19.1. The average Bonchev–Trinajstić information content (AvgIpc) is 2.45. The zero-order valence-electron chi connectivity index (χ0n) is 11.9.